The van der Waals surface area contributed by atoms with Crippen molar-refractivity contribution in [1.82, 2.24) is 10.2 Å². The number of nitrogens with zero attached hydrogens (tertiary/aromatic N) is 1. The number of hydrogen-bond acceptors (Lipinski definition) is 4. The number of amides is 2. The van der Waals surface area contributed by atoms with E-state index in [1.807, 2.05) is 6.92 Å². The summed E-state index contributed by atoms with van der Waals surface area (Å²) in [6.07, 6.45) is 1.18. The van der Waals surface area contributed by atoms with Gasteiger partial charge >= 0.3 is 0 Å². The number of morpholine rings is 1. The largest absolute Gasteiger partial charge is 0.379 e. The molecule has 7 heteroatoms. The van der Waals surface area contributed by atoms with Crippen LogP contribution >= 0.6 is 11.6 Å². The van der Waals surface area contributed by atoms with Crippen LogP contribution in [0.5, 0.6) is 0 Å². The molecular weight excluding hydrogens is 342 g/mol. The van der Waals surface area contributed by atoms with Gasteiger partial charge in [-0.3, -0.25) is 14.5 Å². The summed E-state index contributed by atoms with van der Waals surface area (Å²) in [7, 11) is 0. The van der Waals surface area contributed by atoms with Gasteiger partial charge in [0, 0.05) is 36.9 Å². The third kappa shape index (κ3) is 4.32. The highest BCUT2D eigenvalue weighted by Gasteiger charge is 2.56. The zero-order valence-electron chi connectivity index (χ0n) is 14.4. The molecule has 0 aromatic heterocycles. The Balaban J connectivity index is 1.51. The monoisotopic (exact) mass is 365 g/mol. The van der Waals surface area contributed by atoms with Crippen molar-refractivity contribution in [2.75, 3.05) is 44.7 Å². The van der Waals surface area contributed by atoms with Gasteiger partial charge in [0.25, 0.3) is 0 Å². The number of hydrogen-bond donors (Lipinski definition) is 2. The summed E-state index contributed by atoms with van der Waals surface area (Å²) in [5, 5.41) is 6.42. The third-order valence-electron chi connectivity index (χ3n) is 4.87. The van der Waals surface area contributed by atoms with Crippen LogP contribution in [-0.4, -0.2) is 56.1 Å². The van der Waals surface area contributed by atoms with Gasteiger partial charge < -0.3 is 15.4 Å². The zero-order valence-corrected chi connectivity index (χ0v) is 15.2. The Morgan fingerprint density at radius 1 is 1.24 bits per heavy atom. The first-order chi connectivity index (χ1) is 12.0. The van der Waals surface area contributed by atoms with Crippen molar-refractivity contribution in [2.24, 2.45) is 5.41 Å². The number of carbonyl (C=O) groups excluding carboxylic acids is 2. The predicted octanol–water partition coefficient (Wildman–Crippen LogP) is 1.82. The molecule has 25 heavy (non-hydrogen) atoms. The minimum atomic E-state index is -0.920. The van der Waals surface area contributed by atoms with Crippen molar-refractivity contribution in [3.8, 4) is 0 Å². The minimum Gasteiger partial charge on any atom is -0.379 e. The van der Waals surface area contributed by atoms with Gasteiger partial charge in [-0.1, -0.05) is 11.6 Å². The van der Waals surface area contributed by atoms with E-state index in [4.69, 9.17) is 16.3 Å². The molecule has 2 fully saturated rings. The highest BCUT2D eigenvalue weighted by molar-refractivity contribution is 6.30. The summed E-state index contributed by atoms with van der Waals surface area (Å²) in [5.41, 5.74) is 0.656. The lowest BCUT2D eigenvalue weighted by Gasteiger charge is -2.26. The van der Waals surface area contributed by atoms with E-state index in [9.17, 15) is 9.59 Å². The van der Waals surface area contributed by atoms with Crippen molar-refractivity contribution in [2.45, 2.75) is 19.8 Å². The first kappa shape index (κ1) is 18.2. The predicted molar refractivity (Wildman–Crippen MR) is 96.8 cm³/mol. The lowest BCUT2D eigenvalue weighted by molar-refractivity contribution is -0.134. The number of carbonyl (C=O) groups is 2. The van der Waals surface area contributed by atoms with Crippen molar-refractivity contribution < 1.29 is 14.3 Å². The average molecular weight is 366 g/mol. The number of benzene rings is 1. The molecule has 1 saturated carbocycles. The van der Waals surface area contributed by atoms with Crippen molar-refractivity contribution in [3.63, 3.8) is 0 Å². The van der Waals surface area contributed by atoms with Crippen molar-refractivity contribution in [3.05, 3.63) is 28.8 Å². The summed E-state index contributed by atoms with van der Waals surface area (Å²) < 4.78 is 5.31. The lowest BCUT2D eigenvalue weighted by Crippen LogP contribution is -2.45. The second-order valence-electron chi connectivity index (χ2n) is 6.71. The summed E-state index contributed by atoms with van der Waals surface area (Å²) in [5.74, 6) is -0.410. The van der Waals surface area contributed by atoms with Gasteiger partial charge in [-0.25, -0.2) is 0 Å². The van der Waals surface area contributed by atoms with Crippen LogP contribution in [0.15, 0.2) is 18.2 Å². The van der Waals surface area contributed by atoms with Crippen LogP contribution in [0.1, 0.15) is 18.4 Å². The van der Waals surface area contributed by atoms with Crippen LogP contribution < -0.4 is 10.6 Å². The van der Waals surface area contributed by atoms with E-state index in [2.05, 4.69) is 15.5 Å². The van der Waals surface area contributed by atoms with E-state index >= 15 is 0 Å². The van der Waals surface area contributed by atoms with Gasteiger partial charge in [-0.05, 0) is 43.5 Å². The van der Waals surface area contributed by atoms with Gasteiger partial charge in [-0.15, -0.1) is 0 Å². The minimum absolute atomic E-state index is 0.176. The Kier molecular flexibility index (Phi) is 5.61. The Morgan fingerprint density at radius 2 is 1.96 bits per heavy atom. The topological polar surface area (TPSA) is 70.7 Å². The Bertz CT molecular complexity index is 655. The summed E-state index contributed by atoms with van der Waals surface area (Å²) in [6.45, 7) is 6.45. The molecule has 0 radical (unpaired) electrons. The lowest BCUT2D eigenvalue weighted by atomic mass is 10.0. The van der Waals surface area contributed by atoms with E-state index in [1.165, 1.54) is 0 Å². The molecule has 0 spiro atoms. The van der Waals surface area contributed by atoms with E-state index in [0.717, 1.165) is 38.4 Å². The fourth-order valence-corrected chi connectivity index (χ4v) is 3.24. The van der Waals surface area contributed by atoms with E-state index in [0.29, 0.717) is 30.1 Å². The van der Waals surface area contributed by atoms with Crippen LogP contribution in [0.4, 0.5) is 5.69 Å². The second kappa shape index (κ2) is 7.72. The summed E-state index contributed by atoms with van der Waals surface area (Å²) in [6, 6.07) is 5.28. The number of ether oxygens (including phenoxy) is 1. The zero-order chi connectivity index (χ0) is 17.9. The molecular formula is C18H24ClN3O3. The molecule has 1 aromatic rings. The first-order valence-corrected chi connectivity index (χ1v) is 9.05. The third-order valence-corrected chi connectivity index (χ3v) is 5.11. The van der Waals surface area contributed by atoms with Gasteiger partial charge in [-0.2, -0.15) is 0 Å². The van der Waals surface area contributed by atoms with Crippen molar-refractivity contribution >= 4 is 29.1 Å². The van der Waals surface area contributed by atoms with Crippen LogP contribution in [0, 0.1) is 12.3 Å². The quantitative estimate of drug-likeness (QED) is 0.754. The van der Waals surface area contributed by atoms with Gasteiger partial charge in [0.05, 0.1) is 13.2 Å². The summed E-state index contributed by atoms with van der Waals surface area (Å²) >= 11 is 5.94. The van der Waals surface area contributed by atoms with Gasteiger partial charge in [0.2, 0.25) is 11.8 Å². The molecule has 2 aliphatic rings. The molecule has 1 aliphatic heterocycles. The summed E-state index contributed by atoms with van der Waals surface area (Å²) in [4.78, 5) is 27.4. The Labute approximate surface area is 152 Å². The van der Waals surface area contributed by atoms with E-state index < -0.39 is 5.41 Å². The normalized spacial score (nSPS) is 19.3. The van der Waals surface area contributed by atoms with Gasteiger partial charge in [0.1, 0.15) is 5.41 Å². The van der Waals surface area contributed by atoms with Crippen LogP contribution in [0.3, 0.4) is 0 Å². The molecule has 0 bridgehead atoms. The fourth-order valence-electron chi connectivity index (χ4n) is 3.01. The maximum atomic E-state index is 12.6. The standard InChI is InChI=1S/C18H24ClN3O3/c1-13-12-14(19)2-3-15(13)21-17(24)18(4-5-18)16(23)20-6-7-22-8-10-25-11-9-22/h2-3,12H,4-11H2,1H3,(H,20,23)(H,21,24). The van der Waals surface area contributed by atoms with E-state index in [1.54, 1.807) is 18.2 Å². The molecule has 0 unspecified atom stereocenters. The molecule has 2 N–H and O–H groups in total. The average Bonchev–Trinajstić information content (AvgIpc) is 3.40. The Hall–Kier alpha value is -1.63. The SMILES string of the molecule is Cc1cc(Cl)ccc1NC(=O)C1(C(=O)NCCN2CCOCC2)CC1. The van der Waals surface area contributed by atoms with E-state index in [-0.39, 0.29) is 11.8 Å². The molecule has 136 valence electrons. The highest BCUT2D eigenvalue weighted by atomic mass is 35.5. The maximum absolute atomic E-state index is 12.6. The molecule has 1 heterocycles. The number of anilines is 1. The molecule has 0 atom stereocenters. The van der Waals surface area contributed by atoms with Gasteiger partial charge in [0.15, 0.2) is 0 Å². The fraction of sp³-hybridized carbons (Fsp3) is 0.556. The van der Waals surface area contributed by atoms with Crippen LogP contribution in [-0.2, 0) is 14.3 Å². The molecule has 3 rings (SSSR count). The number of aryl methyl sites for hydroxylation is 1. The molecule has 1 aromatic carbocycles. The number of nitrogens with one attached hydrogen (secondary N) is 2. The number of rotatable bonds is 6. The molecule has 1 aliphatic carbocycles. The maximum Gasteiger partial charge on any atom is 0.240 e. The van der Waals surface area contributed by atoms with Crippen LogP contribution in [0.25, 0.3) is 0 Å². The Morgan fingerprint density at radius 3 is 2.60 bits per heavy atom. The highest BCUT2D eigenvalue weighted by Crippen LogP contribution is 2.47. The molecule has 2 amide bonds. The smallest absolute Gasteiger partial charge is 0.240 e. The van der Waals surface area contributed by atoms with Crippen LogP contribution in [0.2, 0.25) is 5.02 Å². The number of halogens is 1. The molecule has 6 nitrogen and oxygen atoms in total. The second-order valence-corrected chi connectivity index (χ2v) is 7.14. The first-order valence-electron chi connectivity index (χ1n) is 8.67. The van der Waals surface area contributed by atoms with Crippen molar-refractivity contribution in [1.29, 1.82) is 0 Å². The molecule has 1 saturated heterocycles.